The molecule has 0 aromatic heterocycles. The Morgan fingerprint density at radius 2 is 1.82 bits per heavy atom. The van der Waals surface area contributed by atoms with Crippen LogP contribution in [0.4, 0.5) is 0 Å². The number of hydrogen-bond donors (Lipinski definition) is 2. The van der Waals surface area contributed by atoms with Gasteiger partial charge in [0.15, 0.2) is 0 Å². The molecule has 69 valence electrons. The van der Waals surface area contributed by atoms with Gasteiger partial charge in [-0.25, -0.2) is 0 Å². The van der Waals surface area contributed by atoms with Crippen molar-refractivity contribution in [1.29, 1.82) is 0 Å². The summed E-state index contributed by atoms with van der Waals surface area (Å²) in [5.74, 6) is -2.45. The molecule has 0 heterocycles. The number of rotatable bonds is 4. The van der Waals surface area contributed by atoms with Crippen LogP contribution in [0.2, 0.25) is 0 Å². The van der Waals surface area contributed by atoms with Crippen molar-refractivity contribution in [2.75, 3.05) is 0 Å². The number of carboxylic acids is 2. The summed E-state index contributed by atoms with van der Waals surface area (Å²) in [7, 11) is 0. The van der Waals surface area contributed by atoms with E-state index in [1.165, 1.54) is 6.92 Å². The molecule has 0 amide bonds. The van der Waals surface area contributed by atoms with Crippen LogP contribution in [0.5, 0.6) is 0 Å². The van der Waals surface area contributed by atoms with E-state index < -0.39 is 17.9 Å². The van der Waals surface area contributed by atoms with Crippen LogP contribution in [0.25, 0.3) is 0 Å². The molecule has 0 spiro atoms. The molecule has 0 aliphatic heterocycles. The fourth-order valence-electron chi connectivity index (χ4n) is 0.463. The molecule has 1 unspecified atom stereocenters. The third-order valence-electron chi connectivity index (χ3n) is 1.21. The second kappa shape index (κ2) is 6.39. The van der Waals surface area contributed by atoms with Gasteiger partial charge in [0.25, 0.3) is 0 Å². The molecule has 1 atom stereocenters. The van der Waals surface area contributed by atoms with Crippen LogP contribution in [-0.2, 0) is 32.0 Å². The topological polar surface area (TPSA) is 74.6 Å². The molecular formula is C6H10AgO4. The van der Waals surface area contributed by atoms with Crippen molar-refractivity contribution in [3.63, 3.8) is 0 Å². The summed E-state index contributed by atoms with van der Waals surface area (Å²) in [5.41, 5.74) is 0. The maximum atomic E-state index is 10.1. The Morgan fingerprint density at radius 3 is 2.09 bits per heavy atom. The van der Waals surface area contributed by atoms with Crippen molar-refractivity contribution in [1.82, 2.24) is 0 Å². The van der Waals surface area contributed by atoms with Crippen LogP contribution in [-0.4, -0.2) is 22.2 Å². The summed E-state index contributed by atoms with van der Waals surface area (Å²) in [4.78, 5) is 20.1. The predicted octanol–water partition coefficient (Wildman–Crippen LogP) is 0.569. The maximum absolute atomic E-state index is 10.1. The summed E-state index contributed by atoms with van der Waals surface area (Å²) >= 11 is 0. The van der Waals surface area contributed by atoms with Crippen LogP contribution >= 0.6 is 0 Å². The Labute approximate surface area is 80.1 Å². The van der Waals surface area contributed by atoms with Crippen molar-refractivity contribution in [3.8, 4) is 0 Å². The maximum Gasteiger partial charge on any atom is 0.306 e. The Bertz CT molecular complexity index is 146. The standard InChI is InChI=1S/C6H10O4.Ag/c1-4(6(9)10)2-3-5(7)8;/h4H,2-3H2,1H3,(H,7,8)(H,9,10);. The Balaban J connectivity index is 0. The normalized spacial score (nSPS) is 11.4. The van der Waals surface area contributed by atoms with Gasteiger partial charge in [0.05, 0.1) is 5.92 Å². The Hall–Kier alpha value is -0.320. The molecule has 0 aliphatic rings. The molecule has 11 heavy (non-hydrogen) atoms. The van der Waals surface area contributed by atoms with Crippen LogP contribution in [0, 0.1) is 5.92 Å². The second-order valence-electron chi connectivity index (χ2n) is 2.17. The van der Waals surface area contributed by atoms with E-state index in [4.69, 9.17) is 10.2 Å². The zero-order valence-corrected chi connectivity index (χ0v) is 7.49. The van der Waals surface area contributed by atoms with Gasteiger partial charge in [-0.05, 0) is 6.42 Å². The predicted molar refractivity (Wildman–Crippen MR) is 33.7 cm³/mol. The first kappa shape index (κ1) is 13.3. The van der Waals surface area contributed by atoms with Crippen molar-refractivity contribution in [3.05, 3.63) is 0 Å². The summed E-state index contributed by atoms with van der Waals surface area (Å²) in [6.45, 7) is 1.49. The number of carbonyl (C=O) groups is 2. The minimum atomic E-state index is -0.951. The van der Waals surface area contributed by atoms with E-state index in [9.17, 15) is 9.59 Å². The van der Waals surface area contributed by atoms with Crippen molar-refractivity contribution in [2.24, 2.45) is 5.92 Å². The first-order valence-electron chi connectivity index (χ1n) is 2.98. The second-order valence-corrected chi connectivity index (χ2v) is 2.17. The first-order chi connectivity index (χ1) is 4.54. The van der Waals surface area contributed by atoms with Gasteiger partial charge in [-0.2, -0.15) is 0 Å². The number of hydrogen-bond acceptors (Lipinski definition) is 2. The van der Waals surface area contributed by atoms with Gasteiger partial charge in [0.1, 0.15) is 0 Å². The molecule has 0 aromatic carbocycles. The summed E-state index contributed by atoms with van der Waals surface area (Å²) in [5, 5.41) is 16.5. The van der Waals surface area contributed by atoms with Crippen LogP contribution in [0.15, 0.2) is 0 Å². The monoisotopic (exact) mass is 253 g/mol. The summed E-state index contributed by atoms with van der Waals surface area (Å²) < 4.78 is 0. The van der Waals surface area contributed by atoms with E-state index in [1.54, 1.807) is 0 Å². The fourth-order valence-corrected chi connectivity index (χ4v) is 0.463. The molecule has 1 radical (unpaired) electrons. The van der Waals surface area contributed by atoms with E-state index in [1.807, 2.05) is 0 Å². The summed E-state index contributed by atoms with van der Waals surface area (Å²) in [6, 6.07) is 0. The zero-order chi connectivity index (χ0) is 8.15. The molecule has 4 nitrogen and oxygen atoms in total. The molecule has 2 N–H and O–H groups in total. The van der Waals surface area contributed by atoms with Gasteiger partial charge < -0.3 is 10.2 Å². The number of aliphatic carboxylic acids is 2. The molecule has 0 saturated carbocycles. The van der Waals surface area contributed by atoms with E-state index >= 15 is 0 Å². The van der Waals surface area contributed by atoms with Crippen LogP contribution < -0.4 is 0 Å². The third-order valence-corrected chi connectivity index (χ3v) is 1.21. The van der Waals surface area contributed by atoms with E-state index in [0.29, 0.717) is 0 Å². The third kappa shape index (κ3) is 7.58. The molecule has 0 saturated heterocycles. The fraction of sp³-hybridized carbons (Fsp3) is 0.667. The summed E-state index contributed by atoms with van der Waals surface area (Å²) in [6.07, 6.45) is 0.123. The molecular weight excluding hydrogens is 244 g/mol. The number of carboxylic acid groups (broad SMARTS) is 2. The Kier molecular flexibility index (Phi) is 7.72. The van der Waals surface area contributed by atoms with E-state index in [-0.39, 0.29) is 35.2 Å². The van der Waals surface area contributed by atoms with Gasteiger partial charge in [0.2, 0.25) is 0 Å². The molecule has 0 aliphatic carbocycles. The average molecular weight is 254 g/mol. The molecule has 5 heteroatoms. The molecule has 0 rings (SSSR count). The first-order valence-corrected chi connectivity index (χ1v) is 2.98. The smallest absolute Gasteiger partial charge is 0.306 e. The van der Waals surface area contributed by atoms with E-state index in [0.717, 1.165) is 0 Å². The molecule has 0 fully saturated rings. The average Bonchev–Trinajstić information content (AvgIpc) is 1.82. The molecule has 0 bridgehead atoms. The van der Waals surface area contributed by atoms with Gasteiger partial charge in [0, 0.05) is 28.8 Å². The van der Waals surface area contributed by atoms with Crippen molar-refractivity contribution in [2.45, 2.75) is 19.8 Å². The van der Waals surface area contributed by atoms with Crippen molar-refractivity contribution < 1.29 is 42.2 Å². The van der Waals surface area contributed by atoms with Gasteiger partial charge >= 0.3 is 11.9 Å². The Morgan fingerprint density at radius 1 is 1.36 bits per heavy atom. The van der Waals surface area contributed by atoms with Gasteiger partial charge in [-0.1, -0.05) is 6.92 Å². The quantitative estimate of drug-likeness (QED) is 0.719. The molecule has 0 aromatic rings. The van der Waals surface area contributed by atoms with Crippen LogP contribution in [0.3, 0.4) is 0 Å². The van der Waals surface area contributed by atoms with Crippen LogP contribution in [0.1, 0.15) is 19.8 Å². The zero-order valence-electron chi connectivity index (χ0n) is 6.00. The SMILES string of the molecule is CC(CCC(=O)O)C(=O)O.[Ag]. The van der Waals surface area contributed by atoms with Crippen molar-refractivity contribution >= 4 is 11.9 Å². The van der Waals surface area contributed by atoms with Gasteiger partial charge in [-0.3, -0.25) is 9.59 Å². The van der Waals surface area contributed by atoms with Gasteiger partial charge in [-0.15, -0.1) is 0 Å². The largest absolute Gasteiger partial charge is 0.481 e. The minimum absolute atomic E-state index is 0. The minimum Gasteiger partial charge on any atom is -0.481 e. The van der Waals surface area contributed by atoms with E-state index in [2.05, 4.69) is 0 Å².